The highest BCUT2D eigenvalue weighted by Gasteiger charge is 2.22. The maximum atomic E-state index is 13.4. The maximum Gasteiger partial charge on any atom is 0.233 e. The quantitative estimate of drug-likeness (QED) is 0.420. The van der Waals surface area contributed by atoms with Crippen molar-refractivity contribution in [2.24, 2.45) is 0 Å². The zero-order chi connectivity index (χ0) is 21.3. The van der Waals surface area contributed by atoms with Crippen LogP contribution in [0, 0.1) is 27.7 Å². The molecule has 2 aromatic heterocycles. The van der Waals surface area contributed by atoms with Gasteiger partial charge in [0.1, 0.15) is 0 Å². The van der Waals surface area contributed by atoms with Crippen LogP contribution in [0.15, 0.2) is 54.7 Å². The molecule has 2 heterocycles. The van der Waals surface area contributed by atoms with Crippen molar-refractivity contribution in [1.29, 1.82) is 0 Å². The van der Waals surface area contributed by atoms with Crippen LogP contribution in [0.5, 0.6) is 0 Å². The molecular weight excluding hydrogens is 390 g/mol. The number of benzene rings is 2. The summed E-state index contributed by atoms with van der Waals surface area (Å²) in [6.07, 6.45) is 2.09. The first kappa shape index (κ1) is 20.2. The number of pyridine rings is 1. The summed E-state index contributed by atoms with van der Waals surface area (Å²) in [5.74, 6) is 0.0253. The molecule has 152 valence electrons. The highest BCUT2D eigenvalue weighted by atomic mass is 32.1. The number of nitrogens with zero attached hydrogens (tertiary/aromatic N) is 3. The molecule has 0 saturated carbocycles. The van der Waals surface area contributed by atoms with Gasteiger partial charge in [-0.05, 0) is 73.7 Å². The van der Waals surface area contributed by atoms with Crippen molar-refractivity contribution in [3.05, 3.63) is 88.2 Å². The Morgan fingerprint density at radius 1 is 0.967 bits per heavy atom. The predicted octanol–water partition coefficient (Wildman–Crippen LogP) is 5.70. The summed E-state index contributed by atoms with van der Waals surface area (Å²) in [4.78, 5) is 24.4. The first-order chi connectivity index (χ1) is 14.4. The van der Waals surface area contributed by atoms with Crippen LogP contribution in [-0.2, 0) is 17.8 Å². The van der Waals surface area contributed by atoms with E-state index in [0.717, 1.165) is 32.2 Å². The number of rotatable bonds is 5. The number of anilines is 1. The minimum absolute atomic E-state index is 0.0253. The van der Waals surface area contributed by atoms with Gasteiger partial charge in [0.15, 0.2) is 5.13 Å². The molecule has 0 bridgehead atoms. The van der Waals surface area contributed by atoms with Gasteiger partial charge in [-0.1, -0.05) is 41.7 Å². The Balaban J connectivity index is 1.71. The van der Waals surface area contributed by atoms with Gasteiger partial charge in [-0.15, -0.1) is 0 Å². The largest absolute Gasteiger partial charge is 0.282 e. The van der Waals surface area contributed by atoms with Crippen LogP contribution in [0.3, 0.4) is 0 Å². The molecule has 0 aliphatic rings. The van der Waals surface area contributed by atoms with Gasteiger partial charge < -0.3 is 0 Å². The molecule has 5 heteroatoms. The lowest BCUT2D eigenvalue weighted by atomic mass is 10.0. The van der Waals surface area contributed by atoms with E-state index in [1.807, 2.05) is 24.3 Å². The van der Waals surface area contributed by atoms with Crippen LogP contribution in [0.4, 0.5) is 5.13 Å². The average molecular weight is 416 g/mol. The smallest absolute Gasteiger partial charge is 0.233 e. The lowest BCUT2D eigenvalue weighted by Gasteiger charge is -2.20. The molecule has 0 radical (unpaired) electrons. The van der Waals surface area contributed by atoms with Crippen LogP contribution in [0.1, 0.15) is 33.5 Å². The standard InChI is InChI=1S/C25H25N3OS/c1-16-11-19(4)24-22(12-16)30-25(27-24)28(15-21-7-5-6-10-26-21)23(29)14-20-9-8-17(2)18(3)13-20/h5-13H,14-15H2,1-4H3. The van der Waals surface area contributed by atoms with Gasteiger partial charge in [-0.3, -0.25) is 14.7 Å². The van der Waals surface area contributed by atoms with Crippen molar-refractivity contribution in [2.75, 3.05) is 4.90 Å². The van der Waals surface area contributed by atoms with E-state index >= 15 is 0 Å². The zero-order valence-electron chi connectivity index (χ0n) is 17.8. The molecular formula is C25H25N3OS. The van der Waals surface area contributed by atoms with Crippen LogP contribution in [0.25, 0.3) is 10.2 Å². The Kier molecular flexibility index (Phi) is 5.64. The summed E-state index contributed by atoms with van der Waals surface area (Å²) in [5, 5.41) is 0.721. The second-order valence-electron chi connectivity index (χ2n) is 7.82. The van der Waals surface area contributed by atoms with Crippen molar-refractivity contribution < 1.29 is 4.79 Å². The number of carbonyl (C=O) groups is 1. The first-order valence-electron chi connectivity index (χ1n) is 10.0. The fourth-order valence-corrected chi connectivity index (χ4v) is 4.73. The van der Waals surface area contributed by atoms with E-state index in [0.29, 0.717) is 13.0 Å². The SMILES string of the molecule is Cc1cc(C)c2nc(N(Cc3ccccn3)C(=O)Cc3ccc(C)c(C)c3)sc2c1. The van der Waals surface area contributed by atoms with E-state index in [4.69, 9.17) is 4.98 Å². The number of thiazole rings is 1. The number of aryl methyl sites for hydroxylation is 4. The van der Waals surface area contributed by atoms with Crippen LogP contribution in [0.2, 0.25) is 0 Å². The van der Waals surface area contributed by atoms with E-state index in [1.165, 1.54) is 16.7 Å². The third kappa shape index (κ3) is 4.26. The number of hydrogen-bond acceptors (Lipinski definition) is 4. The summed E-state index contributed by atoms with van der Waals surface area (Å²) in [6, 6.07) is 16.2. The summed E-state index contributed by atoms with van der Waals surface area (Å²) < 4.78 is 1.10. The van der Waals surface area contributed by atoms with E-state index in [9.17, 15) is 4.79 Å². The Bertz CT molecular complexity index is 1210. The number of hydrogen-bond donors (Lipinski definition) is 0. The lowest BCUT2D eigenvalue weighted by Crippen LogP contribution is -2.32. The molecule has 2 aromatic carbocycles. The fraction of sp³-hybridized carbons (Fsp3) is 0.240. The first-order valence-corrected chi connectivity index (χ1v) is 10.9. The molecule has 0 fully saturated rings. The van der Waals surface area contributed by atoms with E-state index in [1.54, 1.807) is 22.4 Å². The minimum atomic E-state index is 0.0253. The Labute approximate surface area is 181 Å². The highest BCUT2D eigenvalue weighted by molar-refractivity contribution is 7.22. The summed E-state index contributed by atoms with van der Waals surface area (Å²) in [7, 11) is 0. The number of fused-ring (bicyclic) bond motifs is 1. The zero-order valence-corrected chi connectivity index (χ0v) is 18.6. The molecule has 0 aliphatic heterocycles. The summed E-state index contributed by atoms with van der Waals surface area (Å²) in [5.41, 5.74) is 7.59. The average Bonchev–Trinajstić information content (AvgIpc) is 3.13. The number of carbonyl (C=O) groups excluding carboxylic acids is 1. The Morgan fingerprint density at radius 2 is 1.80 bits per heavy atom. The van der Waals surface area contributed by atoms with Crippen LogP contribution in [-0.4, -0.2) is 15.9 Å². The van der Waals surface area contributed by atoms with E-state index in [2.05, 4.69) is 56.9 Å². The second kappa shape index (κ2) is 8.36. The maximum absolute atomic E-state index is 13.4. The molecule has 0 spiro atoms. The number of amides is 1. The molecule has 1 amide bonds. The number of aromatic nitrogens is 2. The molecule has 4 nitrogen and oxygen atoms in total. The van der Waals surface area contributed by atoms with Crippen molar-refractivity contribution in [3.8, 4) is 0 Å². The molecule has 0 aliphatic carbocycles. The molecule has 0 atom stereocenters. The van der Waals surface area contributed by atoms with E-state index in [-0.39, 0.29) is 5.91 Å². The van der Waals surface area contributed by atoms with Gasteiger partial charge in [0, 0.05) is 6.20 Å². The summed E-state index contributed by atoms with van der Waals surface area (Å²) >= 11 is 1.56. The molecule has 0 saturated heterocycles. The molecule has 4 aromatic rings. The van der Waals surface area contributed by atoms with Crippen LogP contribution >= 0.6 is 11.3 Å². The molecule has 0 unspecified atom stereocenters. The van der Waals surface area contributed by atoms with Crippen molar-refractivity contribution >= 4 is 32.6 Å². The summed E-state index contributed by atoms with van der Waals surface area (Å²) in [6.45, 7) is 8.72. The molecule has 0 N–H and O–H groups in total. The third-order valence-electron chi connectivity index (χ3n) is 5.32. The normalized spacial score (nSPS) is 11.1. The van der Waals surface area contributed by atoms with Crippen molar-refractivity contribution in [3.63, 3.8) is 0 Å². The van der Waals surface area contributed by atoms with Gasteiger partial charge in [0.05, 0.1) is 28.9 Å². The Morgan fingerprint density at radius 3 is 2.53 bits per heavy atom. The van der Waals surface area contributed by atoms with Gasteiger partial charge >= 0.3 is 0 Å². The molecule has 30 heavy (non-hydrogen) atoms. The van der Waals surface area contributed by atoms with E-state index < -0.39 is 0 Å². The lowest BCUT2D eigenvalue weighted by molar-refractivity contribution is -0.118. The highest BCUT2D eigenvalue weighted by Crippen LogP contribution is 2.32. The van der Waals surface area contributed by atoms with Crippen molar-refractivity contribution in [1.82, 2.24) is 9.97 Å². The van der Waals surface area contributed by atoms with Gasteiger partial charge in [0.2, 0.25) is 5.91 Å². The van der Waals surface area contributed by atoms with Gasteiger partial charge in [0.25, 0.3) is 0 Å². The third-order valence-corrected chi connectivity index (χ3v) is 6.35. The minimum Gasteiger partial charge on any atom is -0.282 e. The van der Waals surface area contributed by atoms with Crippen LogP contribution < -0.4 is 4.90 Å². The topological polar surface area (TPSA) is 46.1 Å². The fourth-order valence-electron chi connectivity index (χ4n) is 3.57. The Hall–Kier alpha value is -3.05. The molecule has 4 rings (SSSR count). The monoisotopic (exact) mass is 415 g/mol. The van der Waals surface area contributed by atoms with Crippen molar-refractivity contribution in [2.45, 2.75) is 40.7 Å². The second-order valence-corrected chi connectivity index (χ2v) is 8.83. The van der Waals surface area contributed by atoms with Gasteiger partial charge in [-0.25, -0.2) is 4.98 Å². The van der Waals surface area contributed by atoms with Gasteiger partial charge in [-0.2, -0.15) is 0 Å². The predicted molar refractivity (Wildman–Crippen MR) is 124 cm³/mol.